The lowest BCUT2D eigenvalue weighted by Gasteiger charge is -2.42. The van der Waals surface area contributed by atoms with E-state index in [-0.39, 0.29) is 36.6 Å². The fraction of sp³-hybridized carbons (Fsp3) is 0.591. The number of likely N-dealkylation sites (N-methyl/N-ethyl adjacent to an activating group) is 1. The molecule has 0 radical (unpaired) electrons. The van der Waals surface area contributed by atoms with Gasteiger partial charge in [0.25, 0.3) is 5.91 Å². The molecule has 1 aromatic rings. The first kappa shape index (κ1) is 25.6. The molecule has 3 atom stereocenters. The molecule has 2 aliphatic heterocycles. The van der Waals surface area contributed by atoms with E-state index in [0.717, 1.165) is 0 Å². The monoisotopic (exact) mass is 486 g/mol. The number of benzene rings is 1. The highest BCUT2D eigenvalue weighted by Crippen LogP contribution is 2.32. The summed E-state index contributed by atoms with van der Waals surface area (Å²) in [6, 6.07) is 3.96. The highest BCUT2D eigenvalue weighted by Gasteiger charge is 2.39. The zero-order valence-electron chi connectivity index (χ0n) is 19.2. The number of nitrogens with one attached hydrogen (secondary N) is 3. The van der Waals surface area contributed by atoms with Gasteiger partial charge >= 0.3 is 12.2 Å². The van der Waals surface area contributed by atoms with E-state index in [4.69, 9.17) is 9.47 Å². The van der Waals surface area contributed by atoms with E-state index in [1.54, 1.807) is 30.1 Å². The van der Waals surface area contributed by atoms with Gasteiger partial charge in [0.05, 0.1) is 24.1 Å². The molecule has 4 amide bonds. The first-order valence-electron chi connectivity index (χ1n) is 11.0. The second-order valence-corrected chi connectivity index (χ2v) is 8.73. The molecule has 0 unspecified atom stereocenters. The number of hydrogen-bond donors (Lipinski definition) is 3. The van der Waals surface area contributed by atoms with Gasteiger partial charge in [-0.25, -0.2) is 4.79 Å². The van der Waals surface area contributed by atoms with Gasteiger partial charge in [-0.3, -0.25) is 9.59 Å². The largest absolute Gasteiger partial charge is 0.490 e. The van der Waals surface area contributed by atoms with Crippen LogP contribution in [-0.4, -0.2) is 73.4 Å². The van der Waals surface area contributed by atoms with Gasteiger partial charge in [0.2, 0.25) is 5.91 Å². The predicted molar refractivity (Wildman–Crippen MR) is 117 cm³/mol. The van der Waals surface area contributed by atoms with Crippen molar-refractivity contribution in [2.45, 2.75) is 63.6 Å². The van der Waals surface area contributed by atoms with Crippen LogP contribution in [0.4, 0.5) is 23.7 Å². The number of fused-ring (bicyclic) bond motifs is 2. The Hall–Kier alpha value is -3.02. The minimum absolute atomic E-state index is 0.0526. The lowest BCUT2D eigenvalue weighted by Crippen LogP contribution is -2.54. The Morgan fingerprint density at radius 1 is 1.24 bits per heavy atom. The number of carbonyl (C=O) groups is 3. The van der Waals surface area contributed by atoms with E-state index in [2.05, 4.69) is 10.6 Å². The Kier molecular flexibility index (Phi) is 7.90. The third kappa shape index (κ3) is 6.75. The van der Waals surface area contributed by atoms with E-state index in [1.165, 1.54) is 0 Å². The molecule has 188 valence electrons. The van der Waals surface area contributed by atoms with Gasteiger partial charge in [0.15, 0.2) is 0 Å². The molecule has 9 nitrogen and oxygen atoms in total. The molecule has 1 aromatic carbocycles. The minimum Gasteiger partial charge on any atom is -0.490 e. The Balaban J connectivity index is 1.67. The molecular formula is C22H29F3N4O5. The summed E-state index contributed by atoms with van der Waals surface area (Å²) in [7, 11) is 1.64. The number of anilines is 1. The van der Waals surface area contributed by atoms with Gasteiger partial charge < -0.3 is 30.3 Å². The summed E-state index contributed by atoms with van der Waals surface area (Å²) in [6.07, 6.45) is -4.91. The quantitative estimate of drug-likeness (QED) is 0.593. The first-order valence-corrected chi connectivity index (χ1v) is 11.0. The fourth-order valence-corrected chi connectivity index (χ4v) is 4.01. The van der Waals surface area contributed by atoms with Crippen molar-refractivity contribution in [1.29, 1.82) is 0 Å². The summed E-state index contributed by atoms with van der Waals surface area (Å²) < 4.78 is 48.7. The molecule has 0 bridgehead atoms. The molecule has 0 saturated carbocycles. The van der Waals surface area contributed by atoms with Gasteiger partial charge in [-0.15, -0.1) is 0 Å². The topological polar surface area (TPSA) is 109 Å². The number of nitrogens with zero attached hydrogens (tertiary/aromatic N) is 1. The van der Waals surface area contributed by atoms with E-state index < -0.39 is 36.9 Å². The van der Waals surface area contributed by atoms with Crippen molar-refractivity contribution in [3.63, 3.8) is 0 Å². The van der Waals surface area contributed by atoms with Crippen LogP contribution in [0.25, 0.3) is 0 Å². The van der Waals surface area contributed by atoms with Gasteiger partial charge in [0.1, 0.15) is 25.0 Å². The number of rotatable bonds is 5. The van der Waals surface area contributed by atoms with Crippen LogP contribution in [0.15, 0.2) is 18.2 Å². The Bertz CT molecular complexity index is 924. The van der Waals surface area contributed by atoms with Crippen LogP contribution >= 0.6 is 0 Å². The standard InChI is InChI=1S/C22H29F3N4O5/c1-12(2)27-21(32)28-13-4-7-17-15(8-13)20(31)29(3)16-6-5-14(34-18(16)10-33-17)9-19(30)26-11-22(23,24)25/h4,7-8,12,14,16,18H,5-6,9-11H2,1-3H3,(H,26,30)(H2,27,28,32)/t14-,16+,18+/m0/s1. The number of ether oxygens (including phenoxy) is 2. The number of amides is 4. The Morgan fingerprint density at radius 2 is 1.97 bits per heavy atom. The Labute approximate surface area is 195 Å². The summed E-state index contributed by atoms with van der Waals surface area (Å²) in [6.45, 7) is 2.36. The SMILES string of the molecule is CC(C)NC(=O)Nc1ccc2c(c1)C(=O)N(C)[C@@H]1CC[C@@H](CC(=O)NCC(F)(F)F)O[C@@H]1CO2. The smallest absolute Gasteiger partial charge is 0.405 e. The molecule has 3 N–H and O–H groups in total. The average molecular weight is 486 g/mol. The van der Waals surface area contributed by atoms with Crippen LogP contribution in [0, 0.1) is 0 Å². The summed E-state index contributed by atoms with van der Waals surface area (Å²) in [5.74, 6) is -0.745. The van der Waals surface area contributed by atoms with Crippen molar-refractivity contribution < 1.29 is 37.0 Å². The maximum atomic E-state index is 13.2. The predicted octanol–water partition coefficient (Wildman–Crippen LogP) is 2.67. The van der Waals surface area contributed by atoms with Gasteiger partial charge in [-0.05, 0) is 44.9 Å². The van der Waals surface area contributed by atoms with Crippen molar-refractivity contribution in [3.05, 3.63) is 23.8 Å². The summed E-state index contributed by atoms with van der Waals surface area (Å²) in [4.78, 5) is 38.6. The van der Waals surface area contributed by atoms with Gasteiger partial charge in [0, 0.05) is 18.8 Å². The zero-order chi connectivity index (χ0) is 25.0. The second-order valence-electron chi connectivity index (χ2n) is 8.73. The number of urea groups is 1. The van der Waals surface area contributed by atoms with Crippen molar-refractivity contribution in [2.75, 3.05) is 25.5 Å². The first-order chi connectivity index (χ1) is 15.9. The lowest BCUT2D eigenvalue weighted by molar-refractivity contribution is -0.144. The molecule has 2 aliphatic rings. The average Bonchev–Trinajstić information content (AvgIpc) is 2.74. The van der Waals surface area contributed by atoms with Crippen LogP contribution in [0.3, 0.4) is 0 Å². The zero-order valence-corrected chi connectivity index (χ0v) is 19.2. The molecule has 34 heavy (non-hydrogen) atoms. The summed E-state index contributed by atoms with van der Waals surface area (Å²) in [5.41, 5.74) is 0.723. The highest BCUT2D eigenvalue weighted by atomic mass is 19.4. The van der Waals surface area contributed by atoms with E-state index in [1.807, 2.05) is 19.2 Å². The van der Waals surface area contributed by atoms with Crippen LogP contribution in [0.1, 0.15) is 43.5 Å². The third-order valence-corrected chi connectivity index (χ3v) is 5.59. The molecule has 1 saturated heterocycles. The number of halogens is 3. The van der Waals surface area contributed by atoms with Crippen molar-refractivity contribution in [1.82, 2.24) is 15.5 Å². The van der Waals surface area contributed by atoms with E-state index >= 15 is 0 Å². The van der Waals surface area contributed by atoms with Crippen molar-refractivity contribution in [2.24, 2.45) is 0 Å². The molecular weight excluding hydrogens is 457 g/mol. The van der Waals surface area contributed by atoms with Crippen LogP contribution in [-0.2, 0) is 9.53 Å². The molecule has 0 aromatic heterocycles. The molecule has 2 heterocycles. The molecule has 0 spiro atoms. The fourth-order valence-electron chi connectivity index (χ4n) is 4.01. The molecule has 1 fully saturated rings. The highest BCUT2D eigenvalue weighted by molar-refractivity contribution is 5.99. The lowest BCUT2D eigenvalue weighted by atomic mass is 9.94. The van der Waals surface area contributed by atoms with Crippen LogP contribution in [0.2, 0.25) is 0 Å². The number of hydrogen-bond acceptors (Lipinski definition) is 5. The molecule has 12 heteroatoms. The third-order valence-electron chi connectivity index (χ3n) is 5.59. The van der Waals surface area contributed by atoms with Gasteiger partial charge in [-0.1, -0.05) is 0 Å². The van der Waals surface area contributed by atoms with Crippen molar-refractivity contribution >= 4 is 23.5 Å². The van der Waals surface area contributed by atoms with E-state index in [0.29, 0.717) is 24.3 Å². The second kappa shape index (κ2) is 10.5. The minimum atomic E-state index is -4.48. The van der Waals surface area contributed by atoms with E-state index in [9.17, 15) is 27.6 Å². The Morgan fingerprint density at radius 3 is 2.65 bits per heavy atom. The molecule has 0 aliphatic carbocycles. The normalized spacial score (nSPS) is 22.6. The number of carbonyl (C=O) groups excluding carboxylic acids is 3. The summed E-state index contributed by atoms with van der Waals surface area (Å²) >= 11 is 0. The van der Waals surface area contributed by atoms with Crippen LogP contribution < -0.4 is 20.7 Å². The summed E-state index contributed by atoms with van der Waals surface area (Å²) in [5, 5.41) is 7.24. The van der Waals surface area contributed by atoms with Gasteiger partial charge in [-0.2, -0.15) is 13.2 Å². The van der Waals surface area contributed by atoms with Crippen LogP contribution in [0.5, 0.6) is 5.75 Å². The maximum Gasteiger partial charge on any atom is 0.405 e. The molecule has 3 rings (SSSR count). The van der Waals surface area contributed by atoms with Crippen molar-refractivity contribution in [3.8, 4) is 5.75 Å². The maximum absolute atomic E-state index is 13.2. The number of alkyl halides is 3.